The van der Waals surface area contributed by atoms with Crippen LogP contribution in [-0.4, -0.2) is 29.0 Å². The third-order valence-electron chi connectivity index (χ3n) is 4.72. The van der Waals surface area contributed by atoms with Gasteiger partial charge in [0, 0.05) is 10.1 Å². The number of carboxylic acids is 1. The van der Waals surface area contributed by atoms with E-state index in [2.05, 4.69) is 59.7 Å². The molecule has 0 unspecified atom stereocenters. The molecule has 0 bridgehead atoms. The third kappa shape index (κ3) is 6.03. The average Bonchev–Trinajstić information content (AvgIpc) is 2.90. The first-order chi connectivity index (χ1) is 11.4. The van der Waals surface area contributed by atoms with Crippen molar-refractivity contribution < 1.29 is 14.6 Å². The molecule has 1 aromatic carbocycles. The third-order valence-corrected chi connectivity index (χ3v) is 5.99. The Morgan fingerprint density at radius 1 is 1.08 bits per heavy atom. The van der Waals surface area contributed by atoms with Gasteiger partial charge in [-0.15, -0.1) is 11.8 Å². The minimum absolute atomic E-state index is 0.0847. The van der Waals surface area contributed by atoms with Gasteiger partial charge in [0.05, 0.1) is 6.10 Å². The van der Waals surface area contributed by atoms with Crippen molar-refractivity contribution in [1.29, 1.82) is 0 Å². The lowest BCUT2D eigenvalue weighted by molar-refractivity contribution is -0.144. The lowest BCUT2D eigenvalue weighted by Crippen LogP contribution is -2.17. The van der Waals surface area contributed by atoms with E-state index in [1.165, 1.54) is 16.0 Å². The molecular formula is C21H32O3S. The Labute approximate surface area is 156 Å². The number of ether oxygens (including phenoxy) is 1. The molecule has 2 rings (SSSR count). The second-order valence-corrected chi connectivity index (χ2v) is 10.5. The van der Waals surface area contributed by atoms with Crippen LogP contribution in [0.3, 0.4) is 0 Å². The van der Waals surface area contributed by atoms with Gasteiger partial charge in [-0.05, 0) is 53.4 Å². The Kier molecular flexibility index (Phi) is 6.26. The summed E-state index contributed by atoms with van der Waals surface area (Å²) in [7, 11) is 0. The predicted octanol–water partition coefficient (Wildman–Crippen LogP) is 5.40. The van der Waals surface area contributed by atoms with E-state index in [0.717, 1.165) is 19.3 Å². The summed E-state index contributed by atoms with van der Waals surface area (Å²) in [4.78, 5) is 12.0. The number of hydrogen-bond acceptors (Lipinski definition) is 3. The van der Waals surface area contributed by atoms with Crippen LogP contribution >= 0.6 is 11.8 Å². The molecule has 1 N–H and O–H groups in total. The van der Waals surface area contributed by atoms with Crippen LogP contribution in [0.1, 0.15) is 71.9 Å². The molecule has 1 aromatic rings. The number of rotatable bonds is 5. The summed E-state index contributed by atoms with van der Waals surface area (Å²) in [5, 5.41) is 9.26. The van der Waals surface area contributed by atoms with Crippen molar-refractivity contribution in [2.45, 2.75) is 87.9 Å². The molecule has 0 radical (unpaired) electrons. The van der Waals surface area contributed by atoms with Crippen molar-refractivity contribution in [2.75, 3.05) is 6.61 Å². The first-order valence-corrected chi connectivity index (χ1v) is 9.99. The highest BCUT2D eigenvalue weighted by atomic mass is 32.2. The van der Waals surface area contributed by atoms with E-state index in [-0.39, 0.29) is 23.5 Å². The second kappa shape index (κ2) is 7.71. The summed E-state index contributed by atoms with van der Waals surface area (Å²) < 4.78 is 5.48. The zero-order valence-corrected chi connectivity index (χ0v) is 17.2. The Morgan fingerprint density at radius 3 is 2.12 bits per heavy atom. The van der Waals surface area contributed by atoms with Gasteiger partial charge in [0.1, 0.15) is 6.61 Å². The molecule has 140 valence electrons. The Morgan fingerprint density at radius 2 is 1.64 bits per heavy atom. The summed E-state index contributed by atoms with van der Waals surface area (Å²) in [5.41, 5.74) is 3.00. The van der Waals surface area contributed by atoms with Crippen molar-refractivity contribution in [3.05, 3.63) is 29.3 Å². The van der Waals surface area contributed by atoms with Gasteiger partial charge in [-0.1, -0.05) is 47.6 Å². The lowest BCUT2D eigenvalue weighted by atomic mass is 9.81. The van der Waals surface area contributed by atoms with Gasteiger partial charge in [0.15, 0.2) is 0 Å². The number of hydrogen-bond donors (Lipinski definition) is 1. The summed E-state index contributed by atoms with van der Waals surface area (Å²) >= 11 is 1.92. The standard InChI is InChI=1S/C21H32O3S/c1-20(2,3)14-9-15(21(4,5)6)11-18(10-14)25-17-8-7-16(12-17)24-13-19(22)23/h9-11,16-17H,7-8,12-13H2,1-6H3,(H,22,23)/t16-,17+/m0/s1. The first-order valence-electron chi connectivity index (χ1n) is 9.11. The molecule has 0 aromatic heterocycles. The van der Waals surface area contributed by atoms with Crippen LogP contribution in [0.25, 0.3) is 0 Å². The fourth-order valence-corrected chi connectivity index (χ4v) is 4.41. The van der Waals surface area contributed by atoms with Gasteiger partial charge in [-0.2, -0.15) is 0 Å². The molecule has 4 heteroatoms. The highest BCUT2D eigenvalue weighted by Crippen LogP contribution is 2.39. The van der Waals surface area contributed by atoms with Gasteiger partial charge in [0.25, 0.3) is 0 Å². The van der Waals surface area contributed by atoms with Crippen LogP contribution in [0, 0.1) is 0 Å². The summed E-state index contributed by atoms with van der Waals surface area (Å²) in [6.45, 7) is 13.4. The maximum atomic E-state index is 10.7. The van der Waals surface area contributed by atoms with E-state index in [4.69, 9.17) is 9.84 Å². The van der Waals surface area contributed by atoms with Crippen LogP contribution in [0.15, 0.2) is 23.1 Å². The Bertz CT molecular complexity index is 578. The highest BCUT2D eigenvalue weighted by Gasteiger charge is 2.28. The smallest absolute Gasteiger partial charge is 0.329 e. The van der Waals surface area contributed by atoms with Crippen LogP contribution < -0.4 is 0 Å². The van der Waals surface area contributed by atoms with E-state index in [1.54, 1.807) is 0 Å². The number of thioether (sulfide) groups is 1. The summed E-state index contributed by atoms with van der Waals surface area (Å²) in [5.74, 6) is -0.885. The summed E-state index contributed by atoms with van der Waals surface area (Å²) in [6.07, 6.45) is 3.06. The van der Waals surface area contributed by atoms with Crippen molar-refractivity contribution >= 4 is 17.7 Å². The molecule has 1 saturated carbocycles. The van der Waals surface area contributed by atoms with Gasteiger partial charge < -0.3 is 9.84 Å². The van der Waals surface area contributed by atoms with Crippen molar-refractivity contribution in [3.63, 3.8) is 0 Å². The largest absolute Gasteiger partial charge is 0.480 e. The van der Waals surface area contributed by atoms with Gasteiger partial charge >= 0.3 is 5.97 Å². The fourth-order valence-electron chi connectivity index (χ4n) is 3.07. The van der Waals surface area contributed by atoms with Crippen molar-refractivity contribution in [2.24, 2.45) is 0 Å². The van der Waals surface area contributed by atoms with E-state index >= 15 is 0 Å². The topological polar surface area (TPSA) is 46.5 Å². The molecule has 1 fully saturated rings. The maximum absolute atomic E-state index is 10.7. The van der Waals surface area contributed by atoms with E-state index < -0.39 is 5.97 Å². The molecule has 1 aliphatic rings. The van der Waals surface area contributed by atoms with Gasteiger partial charge in [-0.3, -0.25) is 0 Å². The molecule has 0 spiro atoms. The Balaban J connectivity index is 2.12. The van der Waals surface area contributed by atoms with Crippen LogP contribution in [0.5, 0.6) is 0 Å². The molecule has 25 heavy (non-hydrogen) atoms. The van der Waals surface area contributed by atoms with E-state index in [1.807, 2.05) is 11.8 Å². The summed E-state index contributed by atoms with van der Waals surface area (Å²) in [6, 6.07) is 6.99. The molecule has 1 aliphatic carbocycles. The second-order valence-electron chi connectivity index (χ2n) is 9.13. The molecule has 0 heterocycles. The Hall–Kier alpha value is -1.00. The SMILES string of the molecule is CC(C)(C)c1cc(S[C@@H]2CC[C@H](OCC(=O)O)C2)cc(C(C)(C)C)c1. The zero-order valence-electron chi connectivity index (χ0n) is 16.4. The van der Waals surface area contributed by atoms with Gasteiger partial charge in [-0.25, -0.2) is 4.79 Å². The number of benzene rings is 1. The quantitative estimate of drug-likeness (QED) is 0.760. The minimum atomic E-state index is -0.885. The minimum Gasteiger partial charge on any atom is -0.480 e. The molecule has 0 saturated heterocycles. The van der Waals surface area contributed by atoms with E-state index in [9.17, 15) is 4.79 Å². The molecule has 2 atom stereocenters. The lowest BCUT2D eigenvalue weighted by Gasteiger charge is -2.26. The zero-order chi connectivity index (χ0) is 18.8. The number of aliphatic carboxylic acids is 1. The molecule has 0 amide bonds. The number of carboxylic acid groups (broad SMARTS) is 1. The predicted molar refractivity (Wildman–Crippen MR) is 105 cm³/mol. The molecule has 0 aliphatic heterocycles. The highest BCUT2D eigenvalue weighted by molar-refractivity contribution is 8.00. The van der Waals surface area contributed by atoms with Crippen LogP contribution in [-0.2, 0) is 20.4 Å². The fraction of sp³-hybridized carbons (Fsp3) is 0.667. The van der Waals surface area contributed by atoms with Gasteiger partial charge in [0.2, 0.25) is 0 Å². The maximum Gasteiger partial charge on any atom is 0.329 e. The monoisotopic (exact) mass is 364 g/mol. The molecule has 3 nitrogen and oxygen atoms in total. The van der Waals surface area contributed by atoms with Crippen molar-refractivity contribution in [3.8, 4) is 0 Å². The average molecular weight is 365 g/mol. The van der Waals surface area contributed by atoms with E-state index in [0.29, 0.717) is 5.25 Å². The molecular weight excluding hydrogens is 332 g/mol. The number of carbonyl (C=O) groups is 1. The van der Waals surface area contributed by atoms with Crippen LogP contribution in [0.2, 0.25) is 0 Å². The van der Waals surface area contributed by atoms with Crippen LogP contribution in [0.4, 0.5) is 0 Å². The first kappa shape index (κ1) is 20.3. The van der Waals surface area contributed by atoms with Crippen molar-refractivity contribution in [1.82, 2.24) is 0 Å². The normalized spacial score (nSPS) is 21.5.